The first-order chi connectivity index (χ1) is 22.2. The van der Waals surface area contributed by atoms with E-state index in [0.29, 0.717) is 17.1 Å². The minimum absolute atomic E-state index is 0.0906. The molecule has 2 aliphatic rings. The Hall–Kier alpha value is -6.14. The number of carbonyl (C=O) groups is 1. The summed E-state index contributed by atoms with van der Waals surface area (Å²) >= 11 is 0. The lowest BCUT2D eigenvalue weighted by Crippen LogP contribution is -2.08. The van der Waals surface area contributed by atoms with Crippen LogP contribution < -0.4 is 0 Å². The van der Waals surface area contributed by atoms with E-state index < -0.39 is 0 Å². The predicted molar refractivity (Wildman–Crippen MR) is 182 cm³/mol. The maximum absolute atomic E-state index is 13.6. The third kappa shape index (κ3) is 5.08. The molecule has 8 bridgehead atoms. The number of rotatable bonds is 5. The van der Waals surface area contributed by atoms with Crippen molar-refractivity contribution >= 4 is 52.2 Å². The van der Waals surface area contributed by atoms with Gasteiger partial charge in [0.25, 0.3) is 0 Å². The van der Waals surface area contributed by atoms with Gasteiger partial charge in [-0.1, -0.05) is 66.7 Å². The predicted octanol–water partition coefficient (Wildman–Crippen LogP) is 8.81. The number of hydrogen-bond acceptors (Lipinski definition) is 4. The average Bonchev–Trinajstić information content (AvgIpc) is 3.91. The van der Waals surface area contributed by atoms with Crippen LogP contribution in [-0.4, -0.2) is 30.7 Å². The molecule has 2 aliphatic heterocycles. The number of carbonyl (C=O) groups excluding carboxylic acids is 1. The lowest BCUT2D eigenvalue weighted by Gasteiger charge is -2.06. The molecule has 0 radical (unpaired) electrons. The Morgan fingerprint density at radius 3 is 1.58 bits per heavy atom. The van der Waals surface area contributed by atoms with Gasteiger partial charge in [-0.15, -0.1) is 0 Å². The topological polar surface area (TPSA) is 87.3 Å². The van der Waals surface area contributed by atoms with Crippen LogP contribution >= 0.6 is 0 Å². The van der Waals surface area contributed by atoms with E-state index in [0.717, 1.165) is 61.3 Å². The molecule has 0 spiro atoms. The Morgan fingerprint density at radius 2 is 1.07 bits per heavy atom. The van der Waals surface area contributed by atoms with Crippen molar-refractivity contribution in [1.82, 2.24) is 24.9 Å². The van der Waals surface area contributed by atoms with Gasteiger partial charge in [0.1, 0.15) is 5.69 Å². The summed E-state index contributed by atoms with van der Waals surface area (Å²) in [5, 5.41) is 0. The van der Waals surface area contributed by atoms with Gasteiger partial charge >= 0.3 is 0 Å². The Balaban J connectivity index is 1.47. The van der Waals surface area contributed by atoms with Crippen LogP contribution in [0.3, 0.4) is 0 Å². The molecular weight excluding hydrogens is 554 g/mol. The van der Waals surface area contributed by atoms with Gasteiger partial charge in [-0.2, -0.15) is 0 Å². The SMILES string of the molecule is O=C(Cc1c2nc(c(-c3ccccc3)c3ccc(cc4ccc([nH]4)c(-c4ccccc4)c4nc1C=C4)[nH]3)C=C2)c1ccccn1. The van der Waals surface area contributed by atoms with E-state index in [1.807, 2.05) is 72.8 Å². The number of hydrogen-bond donors (Lipinski definition) is 2. The molecule has 6 nitrogen and oxygen atoms in total. The quantitative estimate of drug-likeness (QED) is 0.199. The molecule has 6 aromatic rings. The van der Waals surface area contributed by atoms with Crippen molar-refractivity contribution in [2.45, 2.75) is 6.42 Å². The first kappa shape index (κ1) is 26.5. The van der Waals surface area contributed by atoms with Crippen LogP contribution in [0.25, 0.3) is 68.6 Å². The molecule has 0 unspecified atom stereocenters. The fourth-order valence-corrected chi connectivity index (χ4v) is 5.97. The second-order valence-corrected chi connectivity index (χ2v) is 11.0. The fourth-order valence-electron chi connectivity index (χ4n) is 5.97. The van der Waals surface area contributed by atoms with Crippen molar-refractivity contribution in [3.8, 4) is 22.3 Å². The normalized spacial score (nSPS) is 12.0. The number of fused-ring (bicyclic) bond motifs is 8. The molecule has 0 aliphatic carbocycles. The molecule has 6 heterocycles. The highest BCUT2D eigenvalue weighted by atomic mass is 16.1. The van der Waals surface area contributed by atoms with E-state index in [4.69, 9.17) is 9.97 Å². The minimum Gasteiger partial charge on any atom is -0.355 e. The van der Waals surface area contributed by atoms with E-state index in [1.165, 1.54) is 0 Å². The van der Waals surface area contributed by atoms with Gasteiger partial charge in [0.2, 0.25) is 0 Å². The lowest BCUT2D eigenvalue weighted by molar-refractivity contribution is 0.0988. The summed E-state index contributed by atoms with van der Waals surface area (Å²) in [4.78, 5) is 35.4. The molecule has 214 valence electrons. The molecule has 6 heteroatoms. The van der Waals surface area contributed by atoms with Crippen LogP contribution in [0.2, 0.25) is 0 Å². The van der Waals surface area contributed by atoms with Crippen molar-refractivity contribution in [2.75, 3.05) is 0 Å². The van der Waals surface area contributed by atoms with Crippen molar-refractivity contribution < 1.29 is 4.79 Å². The highest BCUT2D eigenvalue weighted by Crippen LogP contribution is 2.33. The number of H-pyrrole nitrogens is 2. The third-order valence-electron chi connectivity index (χ3n) is 8.09. The van der Waals surface area contributed by atoms with E-state index in [9.17, 15) is 4.79 Å². The number of ketones is 1. The molecule has 8 rings (SSSR count). The number of nitrogens with zero attached hydrogens (tertiary/aromatic N) is 3. The fraction of sp³-hybridized carbons (Fsp3) is 0.0256. The van der Waals surface area contributed by atoms with Gasteiger partial charge in [0, 0.05) is 51.4 Å². The smallest absolute Gasteiger partial charge is 0.185 e. The Labute approximate surface area is 259 Å². The second-order valence-electron chi connectivity index (χ2n) is 11.0. The van der Waals surface area contributed by atoms with Crippen molar-refractivity contribution in [1.29, 1.82) is 0 Å². The monoisotopic (exact) mass is 581 g/mol. The molecule has 0 saturated heterocycles. The molecule has 0 fully saturated rings. The number of benzene rings is 2. The van der Waals surface area contributed by atoms with E-state index in [-0.39, 0.29) is 12.2 Å². The summed E-state index contributed by atoms with van der Waals surface area (Å²) < 4.78 is 0. The lowest BCUT2D eigenvalue weighted by atomic mass is 10.0. The highest BCUT2D eigenvalue weighted by Gasteiger charge is 2.20. The summed E-state index contributed by atoms with van der Waals surface area (Å²) in [5.74, 6) is -0.0906. The largest absolute Gasteiger partial charge is 0.355 e. The van der Waals surface area contributed by atoms with Gasteiger partial charge in [-0.25, -0.2) is 9.97 Å². The van der Waals surface area contributed by atoms with Crippen LogP contribution in [0.15, 0.2) is 115 Å². The van der Waals surface area contributed by atoms with Crippen LogP contribution in [0.1, 0.15) is 38.8 Å². The van der Waals surface area contributed by atoms with Gasteiger partial charge in [-0.05, 0) is 77.9 Å². The van der Waals surface area contributed by atoms with E-state index in [2.05, 4.69) is 69.5 Å². The Kier molecular flexibility index (Phi) is 6.57. The molecule has 45 heavy (non-hydrogen) atoms. The summed E-state index contributed by atoms with van der Waals surface area (Å²) in [6.45, 7) is 0. The first-order valence-corrected chi connectivity index (χ1v) is 14.9. The standard InChI is InChI=1S/C39H27N5O/c45-37(32-13-7-8-22-40-32)24-29-30-18-20-35(43-30)38(25-9-3-1-4-10-25)33-16-14-27(41-33)23-28-15-17-34(42-28)39(26-11-5-2-6-12-26)36-21-19-31(29)44-36/h1-23,41-42H,24H2. The zero-order chi connectivity index (χ0) is 30.2. The van der Waals surface area contributed by atoms with E-state index in [1.54, 1.807) is 12.3 Å². The summed E-state index contributed by atoms with van der Waals surface area (Å²) in [7, 11) is 0. The molecule has 0 amide bonds. The van der Waals surface area contributed by atoms with Gasteiger partial charge in [-0.3, -0.25) is 9.78 Å². The van der Waals surface area contributed by atoms with Crippen molar-refractivity contribution in [3.63, 3.8) is 0 Å². The maximum atomic E-state index is 13.6. The zero-order valence-corrected chi connectivity index (χ0v) is 24.2. The summed E-state index contributed by atoms with van der Waals surface area (Å²) in [6, 6.07) is 36.3. The number of nitrogens with one attached hydrogen (secondary N) is 2. The third-order valence-corrected chi connectivity index (χ3v) is 8.09. The van der Waals surface area contributed by atoms with E-state index >= 15 is 0 Å². The summed E-state index contributed by atoms with van der Waals surface area (Å²) in [5.41, 5.74) is 12.1. The number of pyridine rings is 1. The van der Waals surface area contributed by atoms with Crippen LogP contribution in [0, 0.1) is 0 Å². The van der Waals surface area contributed by atoms with Gasteiger partial charge in [0.05, 0.1) is 22.8 Å². The average molecular weight is 582 g/mol. The Morgan fingerprint density at radius 1 is 0.556 bits per heavy atom. The highest BCUT2D eigenvalue weighted by molar-refractivity contribution is 5.98. The van der Waals surface area contributed by atoms with Crippen molar-refractivity contribution in [2.24, 2.45) is 0 Å². The maximum Gasteiger partial charge on any atom is 0.185 e. The van der Waals surface area contributed by atoms with Crippen molar-refractivity contribution in [3.05, 3.63) is 149 Å². The van der Waals surface area contributed by atoms with Crippen LogP contribution in [0.4, 0.5) is 0 Å². The first-order valence-electron chi connectivity index (χ1n) is 14.9. The minimum atomic E-state index is -0.0906. The Bertz CT molecular complexity index is 2160. The molecule has 2 aromatic carbocycles. The molecule has 2 N–H and O–H groups in total. The zero-order valence-electron chi connectivity index (χ0n) is 24.2. The van der Waals surface area contributed by atoms with Crippen LogP contribution in [0.5, 0.6) is 0 Å². The molecule has 0 saturated carbocycles. The summed E-state index contributed by atoms with van der Waals surface area (Å²) in [6.07, 6.45) is 9.77. The second kappa shape index (κ2) is 11.2. The van der Waals surface area contributed by atoms with Gasteiger partial charge < -0.3 is 9.97 Å². The van der Waals surface area contributed by atoms with Gasteiger partial charge in [0.15, 0.2) is 5.78 Å². The molecular formula is C39H27N5O. The molecule has 0 atom stereocenters. The number of aromatic nitrogens is 5. The number of aromatic amines is 2. The number of Topliss-reactive ketones (excluding diaryl/α,β-unsaturated/α-hetero) is 1. The van der Waals surface area contributed by atoms with Crippen LogP contribution in [-0.2, 0) is 6.42 Å². The molecule has 4 aromatic heterocycles.